The first-order chi connectivity index (χ1) is 5.77. The molecule has 1 aromatic heterocycles. The fourth-order valence-corrected chi connectivity index (χ4v) is 3.00. The molecule has 2 rings (SSSR count). The quantitative estimate of drug-likeness (QED) is 0.745. The molecule has 1 aliphatic rings. The van der Waals surface area contributed by atoms with Gasteiger partial charge in [-0.25, -0.2) is 0 Å². The maximum atomic E-state index is 5.82. The lowest BCUT2D eigenvalue weighted by Gasteiger charge is -2.40. The van der Waals surface area contributed by atoms with E-state index in [1.54, 1.807) is 0 Å². The standard InChI is InChI=1S/C10H15NS/c1-8-3-4-9(12-8)10(7-11)5-2-6-10/h3-4H,2,5-7,11H2,1H3. The monoisotopic (exact) mass is 181 g/mol. The van der Waals surface area contributed by atoms with Crippen molar-refractivity contribution < 1.29 is 0 Å². The molecule has 1 aliphatic carbocycles. The molecule has 1 nitrogen and oxygen atoms in total. The van der Waals surface area contributed by atoms with Crippen molar-refractivity contribution >= 4 is 11.3 Å². The highest BCUT2D eigenvalue weighted by atomic mass is 32.1. The molecule has 0 radical (unpaired) electrons. The van der Waals surface area contributed by atoms with Crippen LogP contribution in [0.1, 0.15) is 29.0 Å². The van der Waals surface area contributed by atoms with Gasteiger partial charge in [0, 0.05) is 21.7 Å². The summed E-state index contributed by atoms with van der Waals surface area (Å²) in [4.78, 5) is 2.92. The van der Waals surface area contributed by atoms with E-state index in [0.29, 0.717) is 5.41 Å². The van der Waals surface area contributed by atoms with Crippen LogP contribution in [0.2, 0.25) is 0 Å². The van der Waals surface area contributed by atoms with E-state index >= 15 is 0 Å². The van der Waals surface area contributed by atoms with Crippen LogP contribution >= 0.6 is 11.3 Å². The minimum Gasteiger partial charge on any atom is -0.330 e. The molecule has 2 heteroatoms. The average molecular weight is 181 g/mol. The van der Waals surface area contributed by atoms with Crippen molar-refractivity contribution in [3.05, 3.63) is 21.9 Å². The van der Waals surface area contributed by atoms with Crippen LogP contribution in [0.4, 0.5) is 0 Å². The van der Waals surface area contributed by atoms with Crippen LogP contribution < -0.4 is 5.73 Å². The van der Waals surface area contributed by atoms with Crippen molar-refractivity contribution in [1.29, 1.82) is 0 Å². The lowest BCUT2D eigenvalue weighted by Crippen LogP contribution is -2.40. The second-order valence-electron chi connectivity index (χ2n) is 3.75. The van der Waals surface area contributed by atoms with Gasteiger partial charge in [-0.15, -0.1) is 11.3 Å². The number of thiophene rings is 1. The van der Waals surface area contributed by atoms with Crippen molar-refractivity contribution in [3.8, 4) is 0 Å². The van der Waals surface area contributed by atoms with Crippen LogP contribution in [0.3, 0.4) is 0 Å². The number of hydrogen-bond donors (Lipinski definition) is 1. The van der Waals surface area contributed by atoms with Crippen molar-refractivity contribution in [2.75, 3.05) is 6.54 Å². The molecule has 1 heterocycles. The smallest absolute Gasteiger partial charge is 0.0169 e. The van der Waals surface area contributed by atoms with Crippen LogP contribution in [0.5, 0.6) is 0 Å². The average Bonchev–Trinajstić information content (AvgIpc) is 2.35. The Hall–Kier alpha value is -0.340. The first-order valence-electron chi connectivity index (χ1n) is 4.54. The maximum Gasteiger partial charge on any atom is 0.0169 e. The molecule has 0 amide bonds. The Morgan fingerprint density at radius 3 is 2.58 bits per heavy atom. The molecule has 0 saturated heterocycles. The van der Waals surface area contributed by atoms with Crippen LogP contribution in [0, 0.1) is 6.92 Å². The third kappa shape index (κ3) is 1.10. The molecule has 0 unspecified atom stereocenters. The van der Waals surface area contributed by atoms with Crippen LogP contribution in [-0.2, 0) is 5.41 Å². The Morgan fingerprint density at radius 1 is 1.50 bits per heavy atom. The van der Waals surface area contributed by atoms with E-state index in [-0.39, 0.29) is 0 Å². The summed E-state index contributed by atoms with van der Waals surface area (Å²) in [5.41, 5.74) is 6.19. The summed E-state index contributed by atoms with van der Waals surface area (Å²) in [5.74, 6) is 0. The van der Waals surface area contributed by atoms with Gasteiger partial charge in [-0.2, -0.15) is 0 Å². The number of rotatable bonds is 2. The maximum absolute atomic E-state index is 5.82. The first kappa shape index (κ1) is 8.27. The summed E-state index contributed by atoms with van der Waals surface area (Å²) in [6.45, 7) is 2.99. The molecular formula is C10H15NS. The van der Waals surface area contributed by atoms with E-state index in [1.165, 1.54) is 29.0 Å². The summed E-state index contributed by atoms with van der Waals surface area (Å²) >= 11 is 1.92. The predicted octanol–water partition coefficient (Wildman–Crippen LogP) is 2.44. The first-order valence-corrected chi connectivity index (χ1v) is 5.35. The van der Waals surface area contributed by atoms with Gasteiger partial charge in [0.25, 0.3) is 0 Å². The largest absolute Gasteiger partial charge is 0.330 e. The zero-order chi connectivity index (χ0) is 8.60. The SMILES string of the molecule is Cc1ccc(C2(CN)CCC2)s1. The molecule has 0 aliphatic heterocycles. The van der Waals surface area contributed by atoms with E-state index < -0.39 is 0 Å². The topological polar surface area (TPSA) is 26.0 Å². The Morgan fingerprint density at radius 2 is 2.25 bits per heavy atom. The van der Waals surface area contributed by atoms with E-state index in [2.05, 4.69) is 19.1 Å². The number of aryl methyl sites for hydroxylation is 1. The molecule has 1 aromatic rings. The van der Waals surface area contributed by atoms with Crippen molar-refractivity contribution in [1.82, 2.24) is 0 Å². The Labute approximate surface area is 77.6 Å². The van der Waals surface area contributed by atoms with Gasteiger partial charge < -0.3 is 5.73 Å². The summed E-state index contributed by atoms with van der Waals surface area (Å²) in [6, 6.07) is 4.46. The molecule has 2 N–H and O–H groups in total. The van der Waals surface area contributed by atoms with Gasteiger partial charge in [-0.05, 0) is 31.9 Å². The highest BCUT2D eigenvalue weighted by molar-refractivity contribution is 7.12. The number of nitrogens with two attached hydrogens (primary N) is 1. The van der Waals surface area contributed by atoms with Gasteiger partial charge in [0.15, 0.2) is 0 Å². The second kappa shape index (κ2) is 2.86. The van der Waals surface area contributed by atoms with Gasteiger partial charge in [0.2, 0.25) is 0 Å². The second-order valence-corrected chi connectivity index (χ2v) is 5.04. The minimum atomic E-state index is 0.374. The Bertz CT molecular complexity index is 268. The summed E-state index contributed by atoms with van der Waals surface area (Å²) in [5, 5.41) is 0. The lowest BCUT2D eigenvalue weighted by molar-refractivity contribution is 0.258. The summed E-state index contributed by atoms with van der Waals surface area (Å²) in [7, 11) is 0. The van der Waals surface area contributed by atoms with E-state index in [9.17, 15) is 0 Å². The molecule has 0 spiro atoms. The van der Waals surface area contributed by atoms with Gasteiger partial charge in [-0.3, -0.25) is 0 Å². The predicted molar refractivity (Wildman–Crippen MR) is 53.6 cm³/mol. The fourth-order valence-electron chi connectivity index (χ4n) is 1.87. The van der Waals surface area contributed by atoms with E-state index in [1.807, 2.05) is 11.3 Å². The third-order valence-electron chi connectivity index (χ3n) is 2.96. The molecular weight excluding hydrogens is 166 g/mol. The van der Waals surface area contributed by atoms with Gasteiger partial charge in [0.1, 0.15) is 0 Å². The molecule has 66 valence electrons. The lowest BCUT2D eigenvalue weighted by atomic mass is 9.68. The molecule has 0 atom stereocenters. The minimum absolute atomic E-state index is 0.374. The molecule has 0 bridgehead atoms. The van der Waals surface area contributed by atoms with Crippen LogP contribution in [0.15, 0.2) is 12.1 Å². The van der Waals surface area contributed by atoms with Gasteiger partial charge >= 0.3 is 0 Å². The van der Waals surface area contributed by atoms with Crippen molar-refractivity contribution in [2.45, 2.75) is 31.6 Å². The van der Waals surface area contributed by atoms with Gasteiger partial charge in [-0.1, -0.05) is 6.42 Å². The van der Waals surface area contributed by atoms with Crippen molar-refractivity contribution in [3.63, 3.8) is 0 Å². The molecule has 12 heavy (non-hydrogen) atoms. The van der Waals surface area contributed by atoms with Crippen LogP contribution in [-0.4, -0.2) is 6.54 Å². The number of hydrogen-bond acceptors (Lipinski definition) is 2. The van der Waals surface area contributed by atoms with Crippen LogP contribution in [0.25, 0.3) is 0 Å². The van der Waals surface area contributed by atoms with Crippen molar-refractivity contribution in [2.24, 2.45) is 5.73 Å². The van der Waals surface area contributed by atoms with Gasteiger partial charge in [0.05, 0.1) is 0 Å². The summed E-state index contributed by atoms with van der Waals surface area (Å²) in [6.07, 6.45) is 3.95. The van der Waals surface area contributed by atoms with E-state index in [4.69, 9.17) is 5.73 Å². The Kier molecular flexibility index (Phi) is 1.97. The third-order valence-corrected chi connectivity index (χ3v) is 4.21. The molecule has 1 fully saturated rings. The molecule has 1 saturated carbocycles. The highest BCUT2D eigenvalue weighted by Crippen LogP contribution is 2.45. The summed E-state index contributed by atoms with van der Waals surface area (Å²) < 4.78 is 0. The van der Waals surface area contributed by atoms with E-state index in [0.717, 1.165) is 6.54 Å². The zero-order valence-electron chi connectivity index (χ0n) is 7.47. The normalized spacial score (nSPS) is 20.5. The zero-order valence-corrected chi connectivity index (χ0v) is 8.29. The Balaban J connectivity index is 2.27. The fraction of sp³-hybridized carbons (Fsp3) is 0.600. The molecule has 0 aromatic carbocycles. The highest BCUT2D eigenvalue weighted by Gasteiger charge is 2.38.